The van der Waals surface area contributed by atoms with Crippen molar-refractivity contribution in [1.29, 1.82) is 0 Å². The summed E-state index contributed by atoms with van der Waals surface area (Å²) in [7, 11) is 0. The Morgan fingerprint density at radius 2 is 2.12 bits per heavy atom. The summed E-state index contributed by atoms with van der Waals surface area (Å²) >= 11 is 6.28. The summed E-state index contributed by atoms with van der Waals surface area (Å²) < 4.78 is 1.36. The van der Waals surface area contributed by atoms with Crippen molar-refractivity contribution >= 4 is 34.9 Å². The van der Waals surface area contributed by atoms with Gasteiger partial charge in [0.2, 0.25) is 0 Å². The van der Waals surface area contributed by atoms with E-state index in [1.807, 2.05) is 18.2 Å². The van der Waals surface area contributed by atoms with Crippen molar-refractivity contribution < 1.29 is 9.63 Å². The lowest BCUT2D eigenvalue weighted by Gasteiger charge is -2.23. The Morgan fingerprint density at radius 3 is 2.92 bits per heavy atom. The molecule has 0 aliphatic heterocycles. The van der Waals surface area contributed by atoms with Crippen LogP contribution < -0.4 is 10.2 Å². The second kappa shape index (κ2) is 7.33. The lowest BCUT2D eigenvalue weighted by atomic mass is 9.95. The molecular formula is C19H19ClN4O2. The molecule has 1 saturated carbocycles. The third-order valence-electron chi connectivity index (χ3n) is 4.75. The molecular weight excluding hydrogens is 352 g/mol. The van der Waals surface area contributed by atoms with Gasteiger partial charge in [0.1, 0.15) is 11.0 Å². The number of nitrogens with zero attached hydrogens (tertiary/aromatic N) is 3. The van der Waals surface area contributed by atoms with Gasteiger partial charge in [0.25, 0.3) is 0 Å². The molecule has 26 heavy (non-hydrogen) atoms. The molecule has 1 N–H and O–H groups in total. The van der Waals surface area contributed by atoms with Gasteiger partial charge in [0, 0.05) is 23.2 Å². The summed E-state index contributed by atoms with van der Waals surface area (Å²) in [4.78, 5) is 24.5. The van der Waals surface area contributed by atoms with Crippen LogP contribution in [0.5, 0.6) is 0 Å². The molecule has 1 aliphatic carbocycles. The summed E-state index contributed by atoms with van der Waals surface area (Å²) in [6.07, 6.45) is 9.49. The minimum absolute atomic E-state index is 0.382. The number of nitrogens with one attached hydrogen (secondary N) is 1. The van der Waals surface area contributed by atoms with Crippen molar-refractivity contribution in [3.8, 4) is 11.1 Å². The lowest BCUT2D eigenvalue weighted by molar-refractivity contribution is -0.128. The average molecular weight is 371 g/mol. The van der Waals surface area contributed by atoms with E-state index in [1.54, 1.807) is 18.5 Å². The van der Waals surface area contributed by atoms with Gasteiger partial charge in [-0.2, -0.15) is 4.73 Å². The van der Waals surface area contributed by atoms with Gasteiger partial charge in [-0.15, -0.1) is 0 Å². The maximum Gasteiger partial charge on any atom is 0.321 e. The number of anilines is 1. The molecule has 4 rings (SSSR count). The van der Waals surface area contributed by atoms with Crippen LogP contribution in [0.25, 0.3) is 22.2 Å². The van der Waals surface area contributed by atoms with E-state index in [0.717, 1.165) is 35.2 Å². The average Bonchev–Trinajstić information content (AvgIpc) is 3.01. The third-order valence-corrected chi connectivity index (χ3v) is 4.94. The fourth-order valence-electron chi connectivity index (χ4n) is 3.57. The van der Waals surface area contributed by atoms with E-state index in [9.17, 15) is 4.79 Å². The molecule has 0 unspecified atom stereocenters. The first kappa shape index (κ1) is 16.8. The van der Waals surface area contributed by atoms with Gasteiger partial charge in [-0.05, 0) is 42.7 Å². The Morgan fingerprint density at radius 1 is 1.27 bits per heavy atom. The van der Waals surface area contributed by atoms with E-state index < -0.39 is 0 Å². The minimum Gasteiger partial charge on any atom is -0.367 e. The Bertz CT molecular complexity index is 934. The summed E-state index contributed by atoms with van der Waals surface area (Å²) in [5.41, 5.74) is 2.35. The van der Waals surface area contributed by atoms with Gasteiger partial charge in [-0.3, -0.25) is 4.79 Å². The fraction of sp³-hybridized carbons (Fsp3) is 0.316. The van der Waals surface area contributed by atoms with Crippen molar-refractivity contribution in [2.45, 2.75) is 38.1 Å². The maximum atomic E-state index is 10.8. The standard InChI is InChI=1S/C19H19ClN4O2/c20-17-9-13(10-18(23-17)22-14-5-2-1-3-6-14)16-11-24(26-12-25)19-15(16)7-4-8-21-19/h4,7-12,14H,1-3,5-6H2,(H,22,23). The highest BCUT2D eigenvalue weighted by molar-refractivity contribution is 6.29. The second-order valence-electron chi connectivity index (χ2n) is 6.49. The van der Waals surface area contributed by atoms with Gasteiger partial charge in [-0.25, -0.2) is 9.97 Å². The molecule has 3 heterocycles. The molecule has 0 bridgehead atoms. The number of carbonyl (C=O) groups excluding carboxylic acids is 1. The molecule has 7 heteroatoms. The Hall–Kier alpha value is -2.60. The van der Waals surface area contributed by atoms with E-state index >= 15 is 0 Å². The van der Waals surface area contributed by atoms with Crippen LogP contribution in [0, 0.1) is 0 Å². The number of hydrogen-bond donors (Lipinski definition) is 1. The molecule has 6 nitrogen and oxygen atoms in total. The maximum absolute atomic E-state index is 10.8. The van der Waals surface area contributed by atoms with Crippen molar-refractivity contribution in [3.63, 3.8) is 0 Å². The van der Waals surface area contributed by atoms with E-state index in [1.165, 1.54) is 24.0 Å². The third kappa shape index (κ3) is 3.37. The van der Waals surface area contributed by atoms with Gasteiger partial charge in [0.15, 0.2) is 5.65 Å². The van der Waals surface area contributed by atoms with Crippen LogP contribution in [0.15, 0.2) is 36.7 Å². The van der Waals surface area contributed by atoms with Gasteiger partial charge < -0.3 is 10.2 Å². The van der Waals surface area contributed by atoms with E-state index in [-0.39, 0.29) is 0 Å². The minimum atomic E-state index is 0.382. The molecule has 0 radical (unpaired) electrons. The predicted molar refractivity (Wildman–Crippen MR) is 101 cm³/mol. The van der Waals surface area contributed by atoms with Crippen LogP contribution in [0.3, 0.4) is 0 Å². The van der Waals surface area contributed by atoms with Gasteiger partial charge >= 0.3 is 6.47 Å². The molecule has 0 atom stereocenters. The highest BCUT2D eigenvalue weighted by Crippen LogP contribution is 2.32. The first-order chi connectivity index (χ1) is 12.7. The molecule has 0 saturated heterocycles. The van der Waals surface area contributed by atoms with Crippen molar-refractivity contribution in [2.75, 3.05) is 5.32 Å². The topological polar surface area (TPSA) is 69.0 Å². The van der Waals surface area contributed by atoms with Crippen molar-refractivity contribution in [3.05, 3.63) is 41.8 Å². The van der Waals surface area contributed by atoms with Crippen LogP contribution >= 0.6 is 11.6 Å². The number of aromatic nitrogens is 3. The number of halogens is 1. The predicted octanol–water partition coefficient (Wildman–Crippen LogP) is 4.08. The largest absolute Gasteiger partial charge is 0.367 e. The summed E-state index contributed by atoms with van der Waals surface area (Å²) in [5, 5.41) is 4.80. The van der Waals surface area contributed by atoms with Crippen molar-refractivity contribution in [1.82, 2.24) is 14.7 Å². The number of fused-ring (bicyclic) bond motifs is 1. The molecule has 0 spiro atoms. The molecule has 3 aromatic rings. The zero-order valence-electron chi connectivity index (χ0n) is 14.2. The molecule has 0 amide bonds. The van der Waals surface area contributed by atoms with Crippen LogP contribution in [0.2, 0.25) is 5.15 Å². The Kier molecular flexibility index (Phi) is 4.75. The van der Waals surface area contributed by atoms with Crippen LogP contribution in [0.1, 0.15) is 32.1 Å². The Labute approximate surface area is 156 Å². The smallest absolute Gasteiger partial charge is 0.321 e. The number of carbonyl (C=O) groups is 1. The van der Waals surface area contributed by atoms with E-state index in [4.69, 9.17) is 16.4 Å². The lowest BCUT2D eigenvalue weighted by Crippen LogP contribution is -2.22. The first-order valence-corrected chi connectivity index (χ1v) is 9.14. The molecule has 1 aliphatic rings. The summed E-state index contributed by atoms with van der Waals surface area (Å²) in [5.74, 6) is 0.764. The first-order valence-electron chi connectivity index (χ1n) is 8.76. The van der Waals surface area contributed by atoms with Crippen molar-refractivity contribution in [2.24, 2.45) is 0 Å². The van der Waals surface area contributed by atoms with Gasteiger partial charge in [0.05, 0.1) is 6.20 Å². The second-order valence-corrected chi connectivity index (χ2v) is 6.88. The molecule has 3 aromatic heterocycles. The van der Waals surface area contributed by atoms with E-state index in [0.29, 0.717) is 23.3 Å². The van der Waals surface area contributed by atoms with Crippen LogP contribution in [-0.4, -0.2) is 27.2 Å². The number of rotatable bonds is 5. The summed E-state index contributed by atoms with van der Waals surface area (Å²) in [6, 6.07) is 8.00. The summed E-state index contributed by atoms with van der Waals surface area (Å²) in [6.45, 7) is 0.382. The molecule has 134 valence electrons. The normalized spacial score (nSPS) is 15.1. The molecule has 0 aromatic carbocycles. The van der Waals surface area contributed by atoms with Crippen LogP contribution in [0.4, 0.5) is 5.82 Å². The van der Waals surface area contributed by atoms with Crippen LogP contribution in [-0.2, 0) is 4.79 Å². The zero-order chi connectivity index (χ0) is 17.9. The molecule has 1 fully saturated rings. The number of pyridine rings is 2. The highest BCUT2D eigenvalue weighted by atomic mass is 35.5. The quantitative estimate of drug-likeness (QED) is 0.541. The van der Waals surface area contributed by atoms with E-state index in [2.05, 4.69) is 15.3 Å². The van der Waals surface area contributed by atoms with Gasteiger partial charge in [-0.1, -0.05) is 30.9 Å². The highest BCUT2D eigenvalue weighted by Gasteiger charge is 2.16. The fourth-order valence-corrected chi connectivity index (χ4v) is 3.78. The monoisotopic (exact) mass is 370 g/mol. The SMILES string of the molecule is O=COn1cc(-c2cc(Cl)nc(NC3CCCCC3)c2)c2cccnc21. The Balaban J connectivity index is 1.73. The number of hydrogen-bond acceptors (Lipinski definition) is 5. The zero-order valence-corrected chi connectivity index (χ0v) is 14.9.